The molecule has 6 nitrogen and oxygen atoms in total. The number of anilines is 2. The number of piperidine rings is 1. The van der Waals surface area contributed by atoms with E-state index < -0.39 is 10.0 Å². The number of hydrogen-bond acceptors (Lipinski definition) is 4. The predicted molar refractivity (Wildman–Crippen MR) is 107 cm³/mol. The first kappa shape index (κ1) is 19.4. The van der Waals surface area contributed by atoms with Crippen molar-refractivity contribution in [1.82, 2.24) is 4.72 Å². The van der Waals surface area contributed by atoms with E-state index in [2.05, 4.69) is 14.9 Å². The molecule has 0 spiro atoms. The fourth-order valence-corrected chi connectivity index (χ4v) is 4.24. The van der Waals surface area contributed by atoms with E-state index in [4.69, 9.17) is 0 Å². The Morgan fingerprint density at radius 1 is 0.926 bits per heavy atom. The molecule has 0 unspecified atom stereocenters. The van der Waals surface area contributed by atoms with Crippen LogP contribution in [0.25, 0.3) is 0 Å². The van der Waals surface area contributed by atoms with Gasteiger partial charge in [-0.2, -0.15) is 0 Å². The molecular weight excluding hydrogens is 362 g/mol. The van der Waals surface area contributed by atoms with E-state index in [1.54, 1.807) is 18.2 Å². The highest BCUT2D eigenvalue weighted by molar-refractivity contribution is 7.89. The van der Waals surface area contributed by atoms with E-state index in [0.29, 0.717) is 0 Å². The first-order valence-electron chi connectivity index (χ1n) is 9.25. The SMILES string of the molecule is O=C(CCNS(=O)(=O)c1ccccc1)Nc1ccccc1N1CCCCC1. The number of amides is 1. The Balaban J connectivity index is 1.56. The second kappa shape index (κ2) is 9.01. The van der Waals surface area contributed by atoms with Crippen molar-refractivity contribution in [2.75, 3.05) is 29.9 Å². The number of carbonyl (C=O) groups is 1. The maximum atomic E-state index is 12.3. The zero-order valence-corrected chi connectivity index (χ0v) is 16.0. The third-order valence-electron chi connectivity index (χ3n) is 4.57. The van der Waals surface area contributed by atoms with Crippen LogP contribution in [0.3, 0.4) is 0 Å². The molecule has 7 heteroatoms. The first-order chi connectivity index (χ1) is 13.1. The van der Waals surface area contributed by atoms with Crippen molar-refractivity contribution in [2.45, 2.75) is 30.6 Å². The molecule has 1 heterocycles. The van der Waals surface area contributed by atoms with Crippen LogP contribution in [0.1, 0.15) is 25.7 Å². The molecule has 1 aliphatic heterocycles. The van der Waals surface area contributed by atoms with Crippen LogP contribution >= 0.6 is 0 Å². The van der Waals surface area contributed by atoms with Crippen molar-refractivity contribution in [1.29, 1.82) is 0 Å². The van der Waals surface area contributed by atoms with Crippen LogP contribution in [-0.4, -0.2) is 34.0 Å². The van der Waals surface area contributed by atoms with Gasteiger partial charge in [0.25, 0.3) is 0 Å². The second-order valence-electron chi connectivity index (χ2n) is 6.57. The highest BCUT2D eigenvalue weighted by Crippen LogP contribution is 2.28. The molecular formula is C20H25N3O3S. The highest BCUT2D eigenvalue weighted by Gasteiger charge is 2.16. The van der Waals surface area contributed by atoms with E-state index in [0.717, 1.165) is 37.3 Å². The van der Waals surface area contributed by atoms with Gasteiger partial charge in [0, 0.05) is 26.1 Å². The summed E-state index contributed by atoms with van der Waals surface area (Å²) < 4.78 is 26.8. The van der Waals surface area contributed by atoms with Gasteiger partial charge in [-0.1, -0.05) is 30.3 Å². The van der Waals surface area contributed by atoms with Gasteiger partial charge in [-0.15, -0.1) is 0 Å². The van der Waals surface area contributed by atoms with Gasteiger partial charge in [-0.25, -0.2) is 13.1 Å². The zero-order valence-electron chi connectivity index (χ0n) is 15.2. The number of sulfonamides is 1. The number of benzene rings is 2. The molecule has 2 N–H and O–H groups in total. The lowest BCUT2D eigenvalue weighted by Gasteiger charge is -2.30. The zero-order chi connectivity index (χ0) is 19.1. The molecule has 0 saturated carbocycles. The van der Waals surface area contributed by atoms with Crippen LogP contribution in [0.2, 0.25) is 0 Å². The molecule has 0 atom stereocenters. The third kappa shape index (κ3) is 5.30. The number of para-hydroxylation sites is 2. The number of nitrogens with one attached hydrogen (secondary N) is 2. The van der Waals surface area contributed by atoms with E-state index in [9.17, 15) is 13.2 Å². The molecule has 1 saturated heterocycles. The summed E-state index contributed by atoms with van der Waals surface area (Å²) in [7, 11) is -3.59. The van der Waals surface area contributed by atoms with Gasteiger partial charge in [-0.3, -0.25) is 4.79 Å². The van der Waals surface area contributed by atoms with Crippen LogP contribution in [0, 0.1) is 0 Å². The van der Waals surface area contributed by atoms with Gasteiger partial charge < -0.3 is 10.2 Å². The van der Waals surface area contributed by atoms with Gasteiger partial charge in [0.15, 0.2) is 0 Å². The fourth-order valence-electron chi connectivity index (χ4n) is 3.18. The molecule has 2 aromatic rings. The maximum absolute atomic E-state index is 12.3. The maximum Gasteiger partial charge on any atom is 0.240 e. The number of hydrogen-bond donors (Lipinski definition) is 2. The average Bonchev–Trinajstić information content (AvgIpc) is 2.69. The van der Waals surface area contributed by atoms with Crippen molar-refractivity contribution in [3.8, 4) is 0 Å². The highest BCUT2D eigenvalue weighted by atomic mass is 32.2. The molecule has 3 rings (SSSR count). The second-order valence-corrected chi connectivity index (χ2v) is 8.34. The quantitative estimate of drug-likeness (QED) is 0.766. The van der Waals surface area contributed by atoms with E-state index >= 15 is 0 Å². The molecule has 0 aliphatic carbocycles. The third-order valence-corrected chi connectivity index (χ3v) is 6.05. The Hall–Kier alpha value is -2.38. The lowest BCUT2D eigenvalue weighted by molar-refractivity contribution is -0.116. The van der Waals surface area contributed by atoms with Crippen LogP contribution in [0.5, 0.6) is 0 Å². The predicted octanol–water partition coefficient (Wildman–Crippen LogP) is 2.98. The minimum atomic E-state index is -3.59. The molecule has 1 fully saturated rings. The van der Waals surface area contributed by atoms with Crippen molar-refractivity contribution in [2.24, 2.45) is 0 Å². The van der Waals surface area contributed by atoms with Crippen molar-refractivity contribution < 1.29 is 13.2 Å². The average molecular weight is 388 g/mol. The van der Waals surface area contributed by atoms with Gasteiger partial charge in [0.2, 0.25) is 15.9 Å². The van der Waals surface area contributed by atoms with Crippen LogP contribution in [-0.2, 0) is 14.8 Å². The van der Waals surface area contributed by atoms with Gasteiger partial charge in [0.1, 0.15) is 0 Å². The van der Waals surface area contributed by atoms with E-state index in [1.807, 2.05) is 24.3 Å². The van der Waals surface area contributed by atoms with Crippen LogP contribution < -0.4 is 14.9 Å². The molecule has 144 valence electrons. The molecule has 27 heavy (non-hydrogen) atoms. The molecule has 1 aliphatic rings. The number of nitrogens with zero attached hydrogens (tertiary/aromatic N) is 1. The van der Waals surface area contributed by atoms with Crippen molar-refractivity contribution in [3.63, 3.8) is 0 Å². The summed E-state index contributed by atoms with van der Waals surface area (Å²) in [5, 5.41) is 2.92. The molecule has 0 aromatic heterocycles. The summed E-state index contributed by atoms with van der Waals surface area (Å²) in [4.78, 5) is 14.8. The Morgan fingerprint density at radius 2 is 1.59 bits per heavy atom. The van der Waals surface area contributed by atoms with E-state index in [-0.39, 0.29) is 23.8 Å². The van der Waals surface area contributed by atoms with Gasteiger partial charge in [0.05, 0.1) is 16.3 Å². The number of carbonyl (C=O) groups excluding carboxylic acids is 1. The monoisotopic (exact) mass is 387 g/mol. The van der Waals surface area contributed by atoms with Crippen molar-refractivity contribution >= 4 is 27.3 Å². The summed E-state index contributed by atoms with van der Waals surface area (Å²) in [5.74, 6) is -0.213. The summed E-state index contributed by atoms with van der Waals surface area (Å²) in [6.45, 7) is 2.03. The lowest BCUT2D eigenvalue weighted by Crippen LogP contribution is -2.31. The Bertz CT molecular complexity index is 863. The Labute approximate surface area is 160 Å². The minimum absolute atomic E-state index is 0.0505. The summed E-state index contributed by atoms with van der Waals surface area (Å²) in [6, 6.07) is 15.9. The Kier molecular flexibility index (Phi) is 6.47. The van der Waals surface area contributed by atoms with Crippen molar-refractivity contribution in [3.05, 3.63) is 54.6 Å². The minimum Gasteiger partial charge on any atom is -0.370 e. The van der Waals surface area contributed by atoms with Gasteiger partial charge >= 0.3 is 0 Å². The van der Waals surface area contributed by atoms with Crippen LogP contribution in [0.4, 0.5) is 11.4 Å². The molecule has 0 radical (unpaired) electrons. The molecule has 0 bridgehead atoms. The smallest absolute Gasteiger partial charge is 0.240 e. The summed E-state index contributed by atoms with van der Waals surface area (Å²) in [6.07, 6.45) is 3.63. The van der Waals surface area contributed by atoms with E-state index in [1.165, 1.54) is 18.6 Å². The lowest BCUT2D eigenvalue weighted by atomic mass is 10.1. The molecule has 1 amide bonds. The Morgan fingerprint density at radius 3 is 2.33 bits per heavy atom. The summed E-state index contributed by atoms with van der Waals surface area (Å²) in [5.41, 5.74) is 1.80. The van der Waals surface area contributed by atoms with Gasteiger partial charge in [-0.05, 0) is 43.5 Å². The summed E-state index contributed by atoms with van der Waals surface area (Å²) >= 11 is 0. The normalized spacial score (nSPS) is 14.7. The fraction of sp³-hybridized carbons (Fsp3) is 0.350. The molecule has 2 aromatic carbocycles. The number of rotatable bonds is 7. The first-order valence-corrected chi connectivity index (χ1v) is 10.7. The topological polar surface area (TPSA) is 78.5 Å². The standard InChI is InChI=1S/C20H25N3O3S/c24-20(13-14-21-27(25,26)17-9-3-1-4-10-17)22-18-11-5-6-12-19(18)23-15-7-2-8-16-23/h1,3-6,9-12,21H,2,7-8,13-16H2,(H,22,24). The van der Waals surface area contributed by atoms with Crippen LogP contribution in [0.15, 0.2) is 59.5 Å². The largest absolute Gasteiger partial charge is 0.370 e.